The van der Waals surface area contributed by atoms with E-state index in [1.165, 1.54) is 6.07 Å². The minimum absolute atomic E-state index is 0.0495. The summed E-state index contributed by atoms with van der Waals surface area (Å²) in [6.07, 6.45) is 3.13. The minimum Gasteiger partial charge on any atom is -0.391 e. The summed E-state index contributed by atoms with van der Waals surface area (Å²) in [5, 5.41) is 14.7. The number of halogens is 1. The number of carbonyl (C=O) groups is 2. The molecule has 7 nitrogen and oxygen atoms in total. The summed E-state index contributed by atoms with van der Waals surface area (Å²) in [6, 6.07) is 8.07. The average molecular weight is 429 g/mol. The zero-order chi connectivity index (χ0) is 22.0. The minimum atomic E-state index is -0.587. The number of likely N-dealkylation sites (tertiary alicyclic amines) is 2. The van der Waals surface area contributed by atoms with Crippen molar-refractivity contribution in [3.63, 3.8) is 0 Å². The van der Waals surface area contributed by atoms with Crippen molar-refractivity contribution in [2.24, 2.45) is 5.41 Å². The fourth-order valence-corrected chi connectivity index (χ4v) is 4.94. The number of benzene rings is 1. The molecule has 3 heterocycles. The van der Waals surface area contributed by atoms with Gasteiger partial charge in [0.25, 0.3) is 5.91 Å². The van der Waals surface area contributed by atoms with Crippen molar-refractivity contribution < 1.29 is 19.1 Å². The van der Waals surface area contributed by atoms with Crippen LogP contribution >= 0.6 is 0 Å². The van der Waals surface area contributed by atoms with Crippen LogP contribution in [0.2, 0.25) is 0 Å². The van der Waals surface area contributed by atoms with Crippen LogP contribution in [0.4, 0.5) is 4.39 Å². The van der Waals surface area contributed by atoms with Crippen LogP contribution in [0.1, 0.15) is 42.2 Å². The molecule has 1 atom stereocenters. The second-order valence-electron chi connectivity index (χ2n) is 8.72. The molecule has 0 saturated carbocycles. The van der Waals surface area contributed by atoms with Gasteiger partial charge in [-0.2, -0.15) is 5.10 Å². The van der Waals surface area contributed by atoms with Gasteiger partial charge in [-0.05, 0) is 49.3 Å². The normalized spacial score (nSPS) is 20.8. The lowest BCUT2D eigenvalue weighted by molar-refractivity contribution is -0.134. The van der Waals surface area contributed by atoms with E-state index in [1.54, 1.807) is 44.9 Å². The van der Waals surface area contributed by atoms with Crippen LogP contribution in [0.3, 0.4) is 0 Å². The van der Waals surface area contributed by atoms with Crippen molar-refractivity contribution in [1.82, 2.24) is 19.6 Å². The standard InChI is InChI=1S/C23H29FN4O3/c1-2-28-20(7-10-25-28)22(31)27-15-18(29)14-23(16-27)8-11-26(12-9-23)21(30)13-17-5-3-4-6-19(17)24/h3-7,10,18,29H,2,8-9,11-16H2,1H3. The number of piperidine rings is 2. The summed E-state index contributed by atoms with van der Waals surface area (Å²) >= 11 is 0. The van der Waals surface area contributed by atoms with Gasteiger partial charge in [-0.3, -0.25) is 14.3 Å². The molecule has 2 aliphatic heterocycles. The Hall–Kier alpha value is -2.74. The third-order valence-electron chi connectivity index (χ3n) is 6.62. The van der Waals surface area contributed by atoms with Crippen LogP contribution < -0.4 is 0 Å². The van der Waals surface area contributed by atoms with Crippen LogP contribution in [-0.4, -0.2) is 68.8 Å². The molecule has 1 aromatic carbocycles. The number of carbonyl (C=O) groups excluding carboxylic acids is 2. The van der Waals surface area contributed by atoms with Gasteiger partial charge in [-0.15, -0.1) is 0 Å². The zero-order valence-electron chi connectivity index (χ0n) is 17.8. The highest BCUT2D eigenvalue weighted by Crippen LogP contribution is 2.40. The molecule has 2 amide bonds. The van der Waals surface area contributed by atoms with Gasteiger partial charge < -0.3 is 14.9 Å². The lowest BCUT2D eigenvalue weighted by atomic mass is 9.71. The molecule has 0 radical (unpaired) electrons. The van der Waals surface area contributed by atoms with E-state index in [4.69, 9.17) is 0 Å². The monoisotopic (exact) mass is 428 g/mol. The fourth-order valence-electron chi connectivity index (χ4n) is 4.94. The summed E-state index contributed by atoms with van der Waals surface area (Å²) in [5.74, 6) is -0.563. The van der Waals surface area contributed by atoms with E-state index in [1.807, 2.05) is 6.92 Å². The van der Waals surface area contributed by atoms with E-state index < -0.39 is 6.10 Å². The summed E-state index contributed by atoms with van der Waals surface area (Å²) < 4.78 is 15.6. The molecule has 4 rings (SSSR count). The molecule has 1 spiro atoms. The smallest absolute Gasteiger partial charge is 0.272 e. The number of rotatable bonds is 4. The second kappa shape index (κ2) is 8.78. The quantitative estimate of drug-likeness (QED) is 0.809. The average Bonchev–Trinajstić information content (AvgIpc) is 3.23. The largest absolute Gasteiger partial charge is 0.391 e. The molecule has 2 aromatic rings. The Morgan fingerprint density at radius 1 is 1.19 bits per heavy atom. The van der Waals surface area contributed by atoms with Crippen molar-refractivity contribution in [3.05, 3.63) is 53.6 Å². The van der Waals surface area contributed by atoms with Crippen molar-refractivity contribution >= 4 is 11.8 Å². The van der Waals surface area contributed by atoms with Gasteiger partial charge >= 0.3 is 0 Å². The third kappa shape index (κ3) is 4.49. The lowest BCUT2D eigenvalue weighted by Gasteiger charge is -2.49. The predicted molar refractivity (Wildman–Crippen MR) is 113 cm³/mol. The molecular formula is C23H29FN4O3. The molecule has 0 aliphatic carbocycles. The number of amides is 2. The van der Waals surface area contributed by atoms with E-state index in [-0.39, 0.29) is 29.5 Å². The summed E-state index contributed by atoms with van der Waals surface area (Å²) in [4.78, 5) is 29.3. The van der Waals surface area contributed by atoms with Gasteiger partial charge in [0.05, 0.1) is 12.5 Å². The number of hydrogen-bond donors (Lipinski definition) is 1. The van der Waals surface area contributed by atoms with Gasteiger partial charge in [0.2, 0.25) is 5.91 Å². The first-order valence-electron chi connectivity index (χ1n) is 10.9. The van der Waals surface area contributed by atoms with Crippen LogP contribution in [0.5, 0.6) is 0 Å². The highest BCUT2D eigenvalue weighted by Gasteiger charge is 2.44. The van der Waals surface area contributed by atoms with Crippen molar-refractivity contribution in [3.8, 4) is 0 Å². The van der Waals surface area contributed by atoms with Gasteiger partial charge in [0.15, 0.2) is 0 Å². The summed E-state index contributed by atoms with van der Waals surface area (Å²) in [7, 11) is 0. The van der Waals surface area contributed by atoms with Crippen LogP contribution in [0, 0.1) is 11.2 Å². The number of hydrogen-bond acceptors (Lipinski definition) is 4. The van der Waals surface area contributed by atoms with Crippen LogP contribution in [0.15, 0.2) is 36.5 Å². The first kappa shape index (κ1) is 21.5. The van der Waals surface area contributed by atoms with Crippen molar-refractivity contribution in [2.45, 2.75) is 45.3 Å². The first-order valence-corrected chi connectivity index (χ1v) is 10.9. The van der Waals surface area contributed by atoms with E-state index in [0.29, 0.717) is 63.2 Å². The van der Waals surface area contributed by atoms with Crippen molar-refractivity contribution in [2.75, 3.05) is 26.2 Å². The van der Waals surface area contributed by atoms with Crippen LogP contribution in [-0.2, 0) is 17.8 Å². The molecule has 0 bridgehead atoms. The number of aliphatic hydroxyl groups is 1. The van der Waals surface area contributed by atoms with Gasteiger partial charge in [0.1, 0.15) is 11.5 Å². The molecule has 2 saturated heterocycles. The SMILES string of the molecule is CCn1nccc1C(=O)N1CC(O)CC2(CCN(C(=O)Cc3ccccc3F)CC2)C1. The Kier molecular flexibility index (Phi) is 6.09. The topological polar surface area (TPSA) is 78.7 Å². The number of aliphatic hydroxyl groups excluding tert-OH is 1. The number of aromatic nitrogens is 2. The zero-order valence-corrected chi connectivity index (χ0v) is 17.8. The van der Waals surface area contributed by atoms with Gasteiger partial charge in [0, 0.05) is 38.9 Å². The van der Waals surface area contributed by atoms with Gasteiger partial charge in [-0.25, -0.2) is 4.39 Å². The third-order valence-corrected chi connectivity index (χ3v) is 6.62. The van der Waals surface area contributed by atoms with E-state index in [2.05, 4.69) is 5.10 Å². The Balaban J connectivity index is 1.40. The highest BCUT2D eigenvalue weighted by molar-refractivity contribution is 5.92. The first-order chi connectivity index (χ1) is 14.9. The van der Waals surface area contributed by atoms with E-state index >= 15 is 0 Å². The molecule has 1 aromatic heterocycles. The molecular weight excluding hydrogens is 399 g/mol. The van der Waals surface area contributed by atoms with Crippen LogP contribution in [0.25, 0.3) is 0 Å². The van der Waals surface area contributed by atoms with E-state index in [9.17, 15) is 19.1 Å². The number of nitrogens with zero attached hydrogens (tertiary/aromatic N) is 4. The summed E-state index contributed by atoms with van der Waals surface area (Å²) in [6.45, 7) is 4.52. The second-order valence-corrected chi connectivity index (χ2v) is 8.72. The lowest BCUT2D eigenvalue weighted by Crippen LogP contribution is -2.56. The molecule has 8 heteroatoms. The van der Waals surface area contributed by atoms with E-state index in [0.717, 1.165) is 0 Å². The Bertz CT molecular complexity index is 952. The molecule has 2 aliphatic rings. The molecule has 2 fully saturated rings. The summed E-state index contributed by atoms with van der Waals surface area (Å²) in [5.41, 5.74) is 0.730. The molecule has 1 N–H and O–H groups in total. The Morgan fingerprint density at radius 2 is 1.94 bits per heavy atom. The number of aryl methyl sites for hydroxylation is 1. The number of β-amino-alcohol motifs (C(OH)–C–C–N with tert-alkyl or cyclic N) is 1. The molecule has 31 heavy (non-hydrogen) atoms. The van der Waals surface area contributed by atoms with Crippen molar-refractivity contribution in [1.29, 1.82) is 0 Å². The maximum atomic E-state index is 13.9. The molecule has 1 unspecified atom stereocenters. The van der Waals surface area contributed by atoms with Gasteiger partial charge in [-0.1, -0.05) is 18.2 Å². The highest BCUT2D eigenvalue weighted by atomic mass is 19.1. The maximum absolute atomic E-state index is 13.9. The predicted octanol–water partition coefficient (Wildman–Crippen LogP) is 2.10. The Labute approximate surface area is 181 Å². The Morgan fingerprint density at radius 3 is 2.65 bits per heavy atom. The fraction of sp³-hybridized carbons (Fsp3) is 0.522. The maximum Gasteiger partial charge on any atom is 0.272 e. The molecule has 166 valence electrons.